The van der Waals surface area contributed by atoms with Gasteiger partial charge < -0.3 is 14.8 Å². The minimum absolute atomic E-state index is 0.354. The maximum absolute atomic E-state index is 5.59. The summed E-state index contributed by atoms with van der Waals surface area (Å²) in [4.78, 5) is 0. The number of hydrogen-bond acceptors (Lipinski definition) is 4. The summed E-state index contributed by atoms with van der Waals surface area (Å²) >= 11 is 1.97. The van der Waals surface area contributed by atoms with Crippen LogP contribution in [0.4, 0.5) is 0 Å². The molecule has 1 aromatic rings. The summed E-state index contributed by atoms with van der Waals surface area (Å²) in [6, 6.07) is 2.43. The number of benzene rings is 1. The number of hydrogen-bond donors (Lipinski definition) is 1. The highest BCUT2D eigenvalue weighted by Crippen LogP contribution is 2.44. The monoisotopic (exact) mass is 267 g/mol. The van der Waals surface area contributed by atoms with Gasteiger partial charge >= 0.3 is 0 Å². The second-order valence-electron chi connectivity index (χ2n) is 4.45. The number of ether oxygens (including phenoxy) is 2. The molecule has 0 aromatic heterocycles. The van der Waals surface area contributed by atoms with Crippen LogP contribution in [0.25, 0.3) is 0 Å². The van der Waals surface area contributed by atoms with E-state index in [0.29, 0.717) is 6.04 Å². The summed E-state index contributed by atoms with van der Waals surface area (Å²) in [5.74, 6) is 3.88. The molecule has 1 aliphatic rings. The second kappa shape index (κ2) is 5.85. The molecule has 1 heterocycles. The van der Waals surface area contributed by atoms with Gasteiger partial charge in [0.15, 0.2) is 11.5 Å². The molecule has 0 spiro atoms. The van der Waals surface area contributed by atoms with E-state index in [1.54, 1.807) is 14.2 Å². The van der Waals surface area contributed by atoms with Crippen molar-refractivity contribution >= 4 is 11.8 Å². The average Bonchev–Trinajstić information content (AvgIpc) is 2.39. The highest BCUT2D eigenvalue weighted by Gasteiger charge is 2.27. The number of nitrogens with one attached hydrogen (secondary N) is 1. The minimum Gasteiger partial charge on any atom is -0.493 e. The van der Waals surface area contributed by atoms with Crippen LogP contribution in [0.5, 0.6) is 11.5 Å². The van der Waals surface area contributed by atoms with Gasteiger partial charge in [0, 0.05) is 23.1 Å². The zero-order valence-electron chi connectivity index (χ0n) is 11.5. The molecule has 3 nitrogen and oxygen atoms in total. The topological polar surface area (TPSA) is 30.5 Å². The zero-order chi connectivity index (χ0) is 13.1. The average molecular weight is 267 g/mol. The van der Waals surface area contributed by atoms with Crippen LogP contribution in [0.3, 0.4) is 0 Å². The quantitative estimate of drug-likeness (QED) is 0.908. The van der Waals surface area contributed by atoms with Crippen LogP contribution in [0.15, 0.2) is 6.07 Å². The van der Waals surface area contributed by atoms with E-state index in [2.05, 4.69) is 25.2 Å². The highest BCUT2D eigenvalue weighted by atomic mass is 32.2. The summed E-state index contributed by atoms with van der Waals surface area (Å²) in [5.41, 5.74) is 3.97. The molecular weight excluding hydrogens is 246 g/mol. The van der Waals surface area contributed by atoms with E-state index in [9.17, 15) is 0 Å². The fourth-order valence-electron chi connectivity index (χ4n) is 2.52. The lowest BCUT2D eigenvalue weighted by atomic mass is 9.95. The van der Waals surface area contributed by atoms with Gasteiger partial charge in [-0.25, -0.2) is 0 Å². The van der Waals surface area contributed by atoms with Crippen LogP contribution in [-0.4, -0.2) is 26.5 Å². The Kier molecular flexibility index (Phi) is 4.40. The molecule has 1 atom stereocenters. The van der Waals surface area contributed by atoms with Crippen molar-refractivity contribution in [3.8, 4) is 11.5 Å². The van der Waals surface area contributed by atoms with Crippen molar-refractivity contribution < 1.29 is 9.47 Å². The van der Waals surface area contributed by atoms with Crippen LogP contribution in [-0.2, 0) is 5.75 Å². The lowest BCUT2D eigenvalue weighted by molar-refractivity contribution is 0.347. The lowest BCUT2D eigenvalue weighted by Gasteiger charge is -2.29. The molecule has 0 saturated heterocycles. The number of methoxy groups -OCH3 is 2. The summed E-state index contributed by atoms with van der Waals surface area (Å²) in [5, 5.41) is 3.54. The Morgan fingerprint density at radius 1 is 1.39 bits per heavy atom. The molecule has 1 aliphatic heterocycles. The van der Waals surface area contributed by atoms with Crippen molar-refractivity contribution in [2.75, 3.05) is 26.5 Å². The van der Waals surface area contributed by atoms with Gasteiger partial charge in [0.05, 0.1) is 14.2 Å². The molecule has 0 saturated carbocycles. The third kappa shape index (κ3) is 2.31. The molecule has 1 unspecified atom stereocenters. The molecule has 0 bridgehead atoms. The first kappa shape index (κ1) is 13.6. The Morgan fingerprint density at radius 2 is 2.17 bits per heavy atom. The van der Waals surface area contributed by atoms with E-state index in [1.165, 1.54) is 16.7 Å². The van der Waals surface area contributed by atoms with Gasteiger partial charge in [-0.1, -0.05) is 6.92 Å². The van der Waals surface area contributed by atoms with Gasteiger partial charge in [-0.3, -0.25) is 0 Å². The Labute approximate surface area is 113 Å². The SMILES string of the molecule is CCNC1CSCc2c(C)cc(OC)c(OC)c21. The standard InChI is InChI=1S/C14H21NO2S/c1-5-15-11-8-18-7-10-9(2)6-12(16-3)14(17-4)13(10)11/h6,11,15H,5,7-8H2,1-4H3. The molecule has 4 heteroatoms. The van der Waals surface area contributed by atoms with E-state index < -0.39 is 0 Å². The molecule has 100 valence electrons. The van der Waals surface area contributed by atoms with Crippen molar-refractivity contribution in [1.29, 1.82) is 0 Å². The van der Waals surface area contributed by atoms with Crippen molar-refractivity contribution in [3.05, 3.63) is 22.8 Å². The lowest BCUT2D eigenvalue weighted by Crippen LogP contribution is -2.27. The Bertz CT molecular complexity index is 434. The van der Waals surface area contributed by atoms with Crippen molar-refractivity contribution in [3.63, 3.8) is 0 Å². The van der Waals surface area contributed by atoms with Crippen molar-refractivity contribution in [1.82, 2.24) is 5.32 Å². The molecular formula is C14H21NO2S. The maximum atomic E-state index is 5.59. The van der Waals surface area contributed by atoms with Crippen LogP contribution in [0, 0.1) is 6.92 Å². The third-order valence-corrected chi connectivity index (χ3v) is 4.43. The van der Waals surface area contributed by atoms with E-state index in [4.69, 9.17) is 9.47 Å². The van der Waals surface area contributed by atoms with Crippen LogP contribution < -0.4 is 14.8 Å². The Balaban J connectivity index is 2.57. The van der Waals surface area contributed by atoms with Crippen LogP contribution >= 0.6 is 11.8 Å². The minimum atomic E-state index is 0.354. The fourth-order valence-corrected chi connectivity index (χ4v) is 3.75. The van der Waals surface area contributed by atoms with E-state index in [1.807, 2.05) is 11.8 Å². The first-order chi connectivity index (χ1) is 8.72. The number of thioether (sulfide) groups is 1. The normalized spacial score (nSPS) is 18.3. The van der Waals surface area contributed by atoms with E-state index >= 15 is 0 Å². The third-order valence-electron chi connectivity index (χ3n) is 3.37. The van der Waals surface area contributed by atoms with Gasteiger partial charge in [-0.05, 0) is 30.7 Å². The smallest absolute Gasteiger partial charge is 0.165 e. The van der Waals surface area contributed by atoms with Crippen molar-refractivity contribution in [2.45, 2.75) is 25.6 Å². The largest absolute Gasteiger partial charge is 0.493 e. The molecule has 0 aliphatic carbocycles. The highest BCUT2D eigenvalue weighted by molar-refractivity contribution is 7.98. The molecule has 0 radical (unpaired) electrons. The van der Waals surface area contributed by atoms with Crippen LogP contribution in [0.1, 0.15) is 29.7 Å². The summed E-state index contributed by atoms with van der Waals surface area (Å²) in [6.07, 6.45) is 0. The summed E-state index contributed by atoms with van der Waals surface area (Å²) in [7, 11) is 3.42. The first-order valence-corrected chi connectivity index (χ1v) is 7.43. The summed E-state index contributed by atoms with van der Waals surface area (Å²) in [6.45, 7) is 5.25. The molecule has 1 aromatic carbocycles. The predicted molar refractivity (Wildman–Crippen MR) is 76.9 cm³/mol. The van der Waals surface area contributed by atoms with Gasteiger partial charge in [-0.2, -0.15) is 11.8 Å². The predicted octanol–water partition coefficient (Wildman–Crippen LogP) is 2.91. The summed E-state index contributed by atoms with van der Waals surface area (Å²) < 4.78 is 11.0. The molecule has 0 amide bonds. The fraction of sp³-hybridized carbons (Fsp3) is 0.571. The molecule has 18 heavy (non-hydrogen) atoms. The zero-order valence-corrected chi connectivity index (χ0v) is 12.3. The number of rotatable bonds is 4. The van der Waals surface area contributed by atoms with Gasteiger partial charge in [0.25, 0.3) is 0 Å². The van der Waals surface area contributed by atoms with E-state index in [0.717, 1.165) is 29.5 Å². The number of fused-ring (bicyclic) bond motifs is 1. The maximum Gasteiger partial charge on any atom is 0.165 e. The van der Waals surface area contributed by atoms with Crippen molar-refractivity contribution in [2.24, 2.45) is 0 Å². The van der Waals surface area contributed by atoms with Crippen LogP contribution in [0.2, 0.25) is 0 Å². The number of aryl methyl sites for hydroxylation is 1. The Morgan fingerprint density at radius 3 is 2.78 bits per heavy atom. The Hall–Kier alpha value is -0.870. The van der Waals surface area contributed by atoms with Gasteiger partial charge in [-0.15, -0.1) is 0 Å². The molecule has 0 fully saturated rings. The van der Waals surface area contributed by atoms with Gasteiger partial charge in [0.2, 0.25) is 0 Å². The molecule has 1 N–H and O–H groups in total. The van der Waals surface area contributed by atoms with E-state index in [-0.39, 0.29) is 0 Å². The second-order valence-corrected chi connectivity index (χ2v) is 5.48. The molecule has 2 rings (SSSR count). The first-order valence-electron chi connectivity index (χ1n) is 6.28. The van der Waals surface area contributed by atoms with Gasteiger partial charge in [0.1, 0.15) is 0 Å².